The van der Waals surface area contributed by atoms with E-state index in [0.29, 0.717) is 10.7 Å². The number of aryl methyl sites for hydroxylation is 2. The van der Waals surface area contributed by atoms with Crippen molar-refractivity contribution in [1.29, 1.82) is 0 Å². The van der Waals surface area contributed by atoms with Crippen LogP contribution in [0.1, 0.15) is 36.8 Å². The fourth-order valence-corrected chi connectivity index (χ4v) is 4.73. The van der Waals surface area contributed by atoms with Gasteiger partial charge in [-0.15, -0.1) is 0 Å². The van der Waals surface area contributed by atoms with E-state index >= 15 is 0 Å². The fourth-order valence-electron chi connectivity index (χ4n) is 3.67. The Hall–Kier alpha value is -2.12. The number of hydrogen-bond acceptors (Lipinski definition) is 5. The highest BCUT2D eigenvalue weighted by atomic mass is 32.2. The van der Waals surface area contributed by atoms with E-state index in [1.807, 2.05) is 12.1 Å². The molecule has 7 heteroatoms. The van der Waals surface area contributed by atoms with Crippen LogP contribution >= 0.6 is 0 Å². The quantitative estimate of drug-likeness (QED) is 0.794. The normalized spacial score (nSPS) is 19.5. The minimum atomic E-state index is -3.64. The number of anilines is 2. The summed E-state index contributed by atoms with van der Waals surface area (Å²) >= 11 is 0. The second kappa shape index (κ2) is 7.86. The number of rotatable bonds is 6. The predicted molar refractivity (Wildman–Crippen MR) is 106 cm³/mol. The lowest BCUT2D eigenvalue weighted by Gasteiger charge is -2.17. The topological polar surface area (TPSA) is 80.3 Å². The van der Waals surface area contributed by atoms with Crippen LogP contribution in [0.3, 0.4) is 0 Å². The van der Waals surface area contributed by atoms with E-state index in [9.17, 15) is 8.42 Å². The molecular weight excluding hydrogens is 362 g/mol. The highest BCUT2D eigenvalue weighted by Gasteiger charge is 2.18. The highest BCUT2D eigenvalue weighted by molar-refractivity contribution is 7.92. The Bertz CT molecular complexity index is 891. The van der Waals surface area contributed by atoms with E-state index in [2.05, 4.69) is 15.0 Å². The monoisotopic (exact) mass is 387 g/mol. The van der Waals surface area contributed by atoms with Crippen LogP contribution in [0.4, 0.5) is 11.5 Å². The van der Waals surface area contributed by atoms with Crippen LogP contribution < -0.4 is 10.0 Å². The number of nitrogens with zero attached hydrogens (tertiary/aromatic N) is 1. The van der Waals surface area contributed by atoms with E-state index in [-0.39, 0.29) is 6.10 Å². The molecule has 1 saturated heterocycles. The van der Waals surface area contributed by atoms with Crippen LogP contribution in [0.25, 0.3) is 0 Å². The Morgan fingerprint density at radius 1 is 1.07 bits per heavy atom. The zero-order valence-corrected chi connectivity index (χ0v) is 16.1. The molecule has 4 rings (SSSR count). The minimum Gasteiger partial charge on any atom is -0.381 e. The lowest BCUT2D eigenvalue weighted by molar-refractivity contribution is 0.120. The number of sulfonamides is 1. The second-order valence-corrected chi connectivity index (χ2v) is 8.87. The van der Waals surface area contributed by atoms with Gasteiger partial charge < -0.3 is 10.1 Å². The summed E-state index contributed by atoms with van der Waals surface area (Å²) in [5.41, 5.74) is 3.26. The van der Waals surface area contributed by atoms with Crippen molar-refractivity contribution in [3.63, 3.8) is 0 Å². The summed E-state index contributed by atoms with van der Waals surface area (Å²) in [5, 5.41) is 3.28. The molecule has 0 amide bonds. The first-order chi connectivity index (χ1) is 13.1. The zero-order valence-electron chi connectivity index (χ0n) is 15.3. The van der Waals surface area contributed by atoms with Crippen molar-refractivity contribution in [3.05, 3.63) is 47.7 Å². The molecule has 27 heavy (non-hydrogen) atoms. The Balaban J connectivity index is 1.41. The van der Waals surface area contributed by atoms with E-state index in [0.717, 1.165) is 56.5 Å². The summed E-state index contributed by atoms with van der Waals surface area (Å²) in [6, 6.07) is 8.92. The molecule has 1 fully saturated rings. The lowest BCUT2D eigenvalue weighted by atomic mass is 9.92. The number of ether oxygens (including phenoxy) is 1. The van der Waals surface area contributed by atoms with Crippen molar-refractivity contribution in [1.82, 2.24) is 4.98 Å². The van der Waals surface area contributed by atoms with Gasteiger partial charge in [0.1, 0.15) is 5.82 Å². The van der Waals surface area contributed by atoms with Crippen molar-refractivity contribution < 1.29 is 13.2 Å². The van der Waals surface area contributed by atoms with Crippen molar-refractivity contribution in [2.75, 3.05) is 23.2 Å². The minimum absolute atomic E-state index is 0.243. The summed E-state index contributed by atoms with van der Waals surface area (Å²) < 4.78 is 33.5. The molecule has 0 spiro atoms. The van der Waals surface area contributed by atoms with Crippen molar-refractivity contribution in [3.8, 4) is 0 Å². The average molecular weight is 388 g/mol. The third-order valence-electron chi connectivity index (χ3n) is 5.19. The van der Waals surface area contributed by atoms with Gasteiger partial charge in [0.05, 0.1) is 22.9 Å². The number of hydrogen-bond donors (Lipinski definition) is 2. The maximum Gasteiger partial charge on any atom is 0.263 e. The Labute approximate surface area is 160 Å². The molecule has 2 N–H and O–H groups in total. The SMILES string of the molecule is O=S(=O)(Nc1ccc(NCC2CCCO2)cn1)c1ccc2c(c1)CCCC2. The lowest BCUT2D eigenvalue weighted by Crippen LogP contribution is -2.18. The molecule has 1 unspecified atom stereocenters. The molecule has 1 aromatic carbocycles. The van der Waals surface area contributed by atoms with Gasteiger partial charge in [-0.1, -0.05) is 6.07 Å². The summed E-state index contributed by atoms with van der Waals surface area (Å²) in [5.74, 6) is 0.315. The van der Waals surface area contributed by atoms with Crippen molar-refractivity contribution in [2.24, 2.45) is 0 Å². The van der Waals surface area contributed by atoms with E-state index in [1.54, 1.807) is 24.4 Å². The van der Waals surface area contributed by atoms with Crippen LogP contribution in [0.5, 0.6) is 0 Å². The van der Waals surface area contributed by atoms with Gasteiger partial charge in [-0.25, -0.2) is 13.4 Å². The standard InChI is InChI=1S/C20H25N3O3S/c24-27(25,19-9-7-15-4-1-2-5-16(15)12-19)23-20-10-8-17(13-22-20)21-14-18-6-3-11-26-18/h7-10,12-13,18,21H,1-6,11,14H2,(H,22,23). The summed E-state index contributed by atoms with van der Waals surface area (Å²) in [6.45, 7) is 1.57. The van der Waals surface area contributed by atoms with Crippen LogP contribution in [-0.2, 0) is 27.6 Å². The third kappa shape index (κ3) is 4.42. The number of aromatic nitrogens is 1. The summed E-state index contributed by atoms with van der Waals surface area (Å²) in [7, 11) is -3.64. The second-order valence-electron chi connectivity index (χ2n) is 7.19. The molecule has 2 aliphatic rings. The maximum absolute atomic E-state index is 12.7. The average Bonchev–Trinajstić information content (AvgIpc) is 3.20. The molecule has 1 aromatic heterocycles. The fraction of sp³-hybridized carbons (Fsp3) is 0.450. The molecule has 6 nitrogen and oxygen atoms in total. The molecule has 1 aliphatic heterocycles. The van der Waals surface area contributed by atoms with E-state index in [1.165, 1.54) is 12.0 Å². The van der Waals surface area contributed by atoms with Gasteiger partial charge in [0.2, 0.25) is 0 Å². The first-order valence-corrected chi connectivity index (χ1v) is 11.0. The van der Waals surface area contributed by atoms with Gasteiger partial charge in [-0.05, 0) is 73.9 Å². The summed E-state index contributed by atoms with van der Waals surface area (Å²) in [6.07, 6.45) is 8.33. The van der Waals surface area contributed by atoms with Gasteiger partial charge in [0, 0.05) is 13.2 Å². The predicted octanol–water partition coefficient (Wildman–Crippen LogP) is 3.35. The third-order valence-corrected chi connectivity index (χ3v) is 6.54. The van der Waals surface area contributed by atoms with Crippen molar-refractivity contribution in [2.45, 2.75) is 49.5 Å². The molecule has 0 bridgehead atoms. The Kier molecular flexibility index (Phi) is 5.31. The molecular formula is C20H25N3O3S. The number of pyridine rings is 1. The number of fused-ring (bicyclic) bond motifs is 1. The van der Waals surface area contributed by atoms with Crippen LogP contribution in [0.15, 0.2) is 41.4 Å². The Morgan fingerprint density at radius 2 is 1.93 bits per heavy atom. The Morgan fingerprint density at radius 3 is 2.67 bits per heavy atom. The smallest absolute Gasteiger partial charge is 0.263 e. The van der Waals surface area contributed by atoms with Gasteiger partial charge in [0.15, 0.2) is 0 Å². The number of nitrogens with one attached hydrogen (secondary N) is 2. The van der Waals surface area contributed by atoms with Crippen LogP contribution in [0, 0.1) is 0 Å². The van der Waals surface area contributed by atoms with Gasteiger partial charge in [0.25, 0.3) is 10.0 Å². The molecule has 144 valence electrons. The summed E-state index contributed by atoms with van der Waals surface area (Å²) in [4.78, 5) is 4.53. The molecule has 2 aromatic rings. The van der Waals surface area contributed by atoms with Crippen molar-refractivity contribution >= 4 is 21.5 Å². The van der Waals surface area contributed by atoms with Gasteiger partial charge in [-0.3, -0.25) is 4.72 Å². The maximum atomic E-state index is 12.7. The molecule has 0 radical (unpaired) electrons. The molecule has 0 saturated carbocycles. The highest BCUT2D eigenvalue weighted by Crippen LogP contribution is 2.25. The van der Waals surface area contributed by atoms with Crippen LogP contribution in [0.2, 0.25) is 0 Å². The van der Waals surface area contributed by atoms with E-state index < -0.39 is 10.0 Å². The molecule has 1 aliphatic carbocycles. The molecule has 2 heterocycles. The first kappa shape index (κ1) is 18.3. The molecule has 1 atom stereocenters. The zero-order chi connectivity index (χ0) is 18.7. The number of benzene rings is 1. The van der Waals surface area contributed by atoms with Crippen LogP contribution in [-0.4, -0.2) is 32.7 Å². The van der Waals surface area contributed by atoms with Gasteiger partial charge in [-0.2, -0.15) is 0 Å². The van der Waals surface area contributed by atoms with E-state index in [4.69, 9.17) is 4.74 Å². The van der Waals surface area contributed by atoms with Gasteiger partial charge >= 0.3 is 0 Å². The largest absolute Gasteiger partial charge is 0.381 e. The first-order valence-electron chi connectivity index (χ1n) is 9.56.